The molecule has 0 radical (unpaired) electrons. The number of nitrogens with one attached hydrogen (secondary N) is 1. The van der Waals surface area contributed by atoms with Gasteiger partial charge >= 0.3 is 0 Å². The molecule has 0 aliphatic carbocycles. The molecule has 0 spiro atoms. The van der Waals surface area contributed by atoms with E-state index < -0.39 is 0 Å². The number of hydrogen-bond acceptors (Lipinski definition) is 3. The minimum atomic E-state index is 0.636. The second-order valence-corrected chi connectivity index (χ2v) is 4.29. The summed E-state index contributed by atoms with van der Waals surface area (Å²) >= 11 is 0. The molecule has 0 amide bonds. The van der Waals surface area contributed by atoms with Crippen LogP contribution in [0.2, 0.25) is 0 Å². The molecule has 0 fully saturated rings. The highest BCUT2D eigenvalue weighted by Gasteiger charge is 2.09. The Hall–Kier alpha value is -2.28. The first-order valence-corrected chi connectivity index (χ1v) is 5.85. The predicted molar refractivity (Wildman–Crippen MR) is 71.2 cm³/mol. The minimum absolute atomic E-state index is 0.636. The van der Waals surface area contributed by atoms with E-state index in [1.807, 2.05) is 49.8 Å². The van der Waals surface area contributed by atoms with Gasteiger partial charge in [0.15, 0.2) is 0 Å². The average Bonchev–Trinajstić information content (AvgIpc) is 2.62. The highest BCUT2D eigenvalue weighted by atomic mass is 15.3. The van der Waals surface area contributed by atoms with Gasteiger partial charge in [-0.3, -0.25) is 4.68 Å². The van der Waals surface area contributed by atoms with Gasteiger partial charge in [0, 0.05) is 13.6 Å². The van der Waals surface area contributed by atoms with Gasteiger partial charge in [0.2, 0.25) is 0 Å². The van der Waals surface area contributed by atoms with E-state index in [-0.39, 0.29) is 0 Å². The van der Waals surface area contributed by atoms with Crippen molar-refractivity contribution in [3.8, 4) is 6.07 Å². The fraction of sp³-hybridized carbons (Fsp3) is 0.286. The summed E-state index contributed by atoms with van der Waals surface area (Å²) < 4.78 is 1.86. The van der Waals surface area contributed by atoms with Gasteiger partial charge in [-0.25, -0.2) is 0 Å². The first kappa shape index (κ1) is 12.2. The summed E-state index contributed by atoms with van der Waals surface area (Å²) in [6.45, 7) is 4.64. The zero-order valence-corrected chi connectivity index (χ0v) is 10.9. The molecule has 92 valence electrons. The summed E-state index contributed by atoms with van der Waals surface area (Å²) in [6, 6.07) is 9.83. The van der Waals surface area contributed by atoms with Gasteiger partial charge < -0.3 is 5.32 Å². The Morgan fingerprint density at radius 3 is 2.67 bits per heavy atom. The first-order valence-electron chi connectivity index (χ1n) is 5.85. The third kappa shape index (κ3) is 2.21. The molecule has 1 heterocycles. The Bertz CT molecular complexity index is 605. The van der Waals surface area contributed by atoms with E-state index in [1.165, 1.54) is 0 Å². The van der Waals surface area contributed by atoms with E-state index in [1.54, 1.807) is 0 Å². The van der Waals surface area contributed by atoms with Crippen molar-refractivity contribution in [2.75, 3.05) is 5.32 Å². The van der Waals surface area contributed by atoms with Gasteiger partial charge in [0.25, 0.3) is 0 Å². The van der Waals surface area contributed by atoms with E-state index >= 15 is 0 Å². The summed E-state index contributed by atoms with van der Waals surface area (Å²) in [5, 5.41) is 16.7. The Morgan fingerprint density at radius 2 is 2.06 bits per heavy atom. The molecule has 0 saturated heterocycles. The molecule has 0 saturated carbocycles. The van der Waals surface area contributed by atoms with Gasteiger partial charge in [-0.15, -0.1) is 0 Å². The number of benzene rings is 1. The molecule has 0 bridgehead atoms. The van der Waals surface area contributed by atoms with Crippen LogP contribution in [-0.4, -0.2) is 9.78 Å². The van der Waals surface area contributed by atoms with Crippen molar-refractivity contribution in [3.63, 3.8) is 0 Å². The largest absolute Gasteiger partial charge is 0.378 e. The van der Waals surface area contributed by atoms with Crippen molar-refractivity contribution in [1.29, 1.82) is 5.26 Å². The normalized spacial score (nSPS) is 10.1. The van der Waals surface area contributed by atoms with Crippen molar-refractivity contribution in [2.24, 2.45) is 7.05 Å². The van der Waals surface area contributed by atoms with Crippen molar-refractivity contribution in [3.05, 3.63) is 46.8 Å². The molecule has 4 heteroatoms. The predicted octanol–water partition coefficient (Wildman–Crippen LogP) is 2.52. The van der Waals surface area contributed by atoms with Crippen LogP contribution in [0.1, 0.15) is 22.5 Å². The monoisotopic (exact) mass is 240 g/mol. The molecular weight excluding hydrogens is 224 g/mol. The number of nitrogens with zero attached hydrogens (tertiary/aromatic N) is 3. The van der Waals surface area contributed by atoms with Crippen LogP contribution in [0.4, 0.5) is 5.69 Å². The summed E-state index contributed by atoms with van der Waals surface area (Å²) in [6.07, 6.45) is 0. The van der Waals surface area contributed by atoms with E-state index in [0.717, 1.165) is 22.6 Å². The second kappa shape index (κ2) is 4.92. The quantitative estimate of drug-likeness (QED) is 0.896. The molecule has 1 aromatic heterocycles. The summed E-state index contributed by atoms with van der Waals surface area (Å²) in [5.41, 5.74) is 4.84. The van der Waals surface area contributed by atoms with E-state index in [4.69, 9.17) is 5.26 Å². The van der Waals surface area contributed by atoms with Gasteiger partial charge in [-0.05, 0) is 25.5 Å². The van der Waals surface area contributed by atoms with Crippen LogP contribution in [-0.2, 0) is 13.6 Å². The smallest absolute Gasteiger partial charge is 0.0995 e. The van der Waals surface area contributed by atoms with Crippen molar-refractivity contribution in [1.82, 2.24) is 9.78 Å². The molecular formula is C14H16N4. The Kier molecular flexibility index (Phi) is 3.33. The van der Waals surface area contributed by atoms with Gasteiger partial charge in [-0.1, -0.05) is 18.2 Å². The van der Waals surface area contributed by atoms with Gasteiger partial charge in [0.1, 0.15) is 0 Å². The van der Waals surface area contributed by atoms with Gasteiger partial charge in [-0.2, -0.15) is 10.4 Å². The third-order valence-electron chi connectivity index (χ3n) is 3.10. The molecule has 18 heavy (non-hydrogen) atoms. The van der Waals surface area contributed by atoms with Crippen LogP contribution >= 0.6 is 0 Å². The lowest BCUT2D eigenvalue weighted by Crippen LogP contribution is -2.03. The van der Waals surface area contributed by atoms with Crippen molar-refractivity contribution in [2.45, 2.75) is 20.4 Å². The second-order valence-electron chi connectivity index (χ2n) is 4.29. The molecule has 0 unspecified atom stereocenters. The molecule has 0 aliphatic heterocycles. The standard InChI is InChI=1S/C14H16N4/c1-10-14(11(2)18(3)17-10)16-9-13-7-5-4-6-12(13)8-15/h4-7,16H,9H2,1-3H3. The van der Waals surface area contributed by atoms with Crippen LogP contribution in [0.3, 0.4) is 0 Å². The number of aromatic nitrogens is 2. The molecule has 1 N–H and O–H groups in total. The van der Waals surface area contributed by atoms with E-state index in [0.29, 0.717) is 12.1 Å². The molecule has 0 aliphatic rings. The molecule has 2 aromatic rings. The molecule has 1 aromatic carbocycles. The van der Waals surface area contributed by atoms with Crippen LogP contribution < -0.4 is 5.32 Å². The number of anilines is 1. The van der Waals surface area contributed by atoms with Gasteiger partial charge in [0.05, 0.1) is 28.7 Å². The SMILES string of the molecule is Cc1nn(C)c(C)c1NCc1ccccc1C#N. The Morgan fingerprint density at radius 1 is 1.33 bits per heavy atom. The number of rotatable bonds is 3. The summed E-state index contributed by atoms with van der Waals surface area (Å²) in [5.74, 6) is 0. The number of aryl methyl sites for hydroxylation is 2. The highest BCUT2D eigenvalue weighted by Crippen LogP contribution is 2.19. The lowest BCUT2D eigenvalue weighted by molar-refractivity contribution is 0.731. The lowest BCUT2D eigenvalue weighted by atomic mass is 10.1. The fourth-order valence-electron chi connectivity index (χ4n) is 2.00. The highest BCUT2D eigenvalue weighted by molar-refractivity contribution is 5.53. The van der Waals surface area contributed by atoms with Crippen LogP contribution in [0.5, 0.6) is 0 Å². The van der Waals surface area contributed by atoms with Crippen LogP contribution in [0.15, 0.2) is 24.3 Å². The lowest BCUT2D eigenvalue weighted by Gasteiger charge is -2.08. The number of hydrogen-bond donors (Lipinski definition) is 1. The molecule has 0 atom stereocenters. The summed E-state index contributed by atoms with van der Waals surface area (Å²) in [4.78, 5) is 0. The molecule has 4 nitrogen and oxygen atoms in total. The maximum Gasteiger partial charge on any atom is 0.0995 e. The van der Waals surface area contributed by atoms with Crippen LogP contribution in [0.25, 0.3) is 0 Å². The van der Waals surface area contributed by atoms with E-state index in [9.17, 15) is 0 Å². The maximum atomic E-state index is 9.03. The first-order chi connectivity index (χ1) is 8.63. The Balaban J connectivity index is 2.20. The zero-order chi connectivity index (χ0) is 13.1. The minimum Gasteiger partial charge on any atom is -0.378 e. The summed E-state index contributed by atoms with van der Waals surface area (Å²) in [7, 11) is 1.93. The Labute approximate surface area is 107 Å². The third-order valence-corrected chi connectivity index (χ3v) is 3.10. The van der Waals surface area contributed by atoms with Crippen molar-refractivity contribution < 1.29 is 0 Å². The maximum absolute atomic E-state index is 9.03. The fourth-order valence-corrected chi connectivity index (χ4v) is 2.00. The molecule has 2 rings (SSSR count). The topological polar surface area (TPSA) is 53.6 Å². The van der Waals surface area contributed by atoms with E-state index in [2.05, 4.69) is 16.5 Å². The van der Waals surface area contributed by atoms with Crippen LogP contribution in [0, 0.1) is 25.2 Å². The zero-order valence-electron chi connectivity index (χ0n) is 10.9. The number of nitriles is 1. The average molecular weight is 240 g/mol. The van der Waals surface area contributed by atoms with Crippen molar-refractivity contribution >= 4 is 5.69 Å².